The summed E-state index contributed by atoms with van der Waals surface area (Å²) in [6.07, 6.45) is 1.76. The highest BCUT2D eigenvalue weighted by atomic mass is 35.5. The number of hydrogen-bond donors (Lipinski definition) is 1. The highest BCUT2D eigenvalue weighted by molar-refractivity contribution is 7.89. The van der Waals surface area contributed by atoms with Crippen molar-refractivity contribution in [3.05, 3.63) is 28.8 Å². The molecule has 0 spiro atoms. The van der Waals surface area contributed by atoms with Crippen LogP contribution in [-0.2, 0) is 19.6 Å². The molecule has 1 aromatic rings. The number of rotatable bonds is 6. The molecule has 27 heavy (non-hydrogen) atoms. The van der Waals surface area contributed by atoms with Crippen LogP contribution in [0.15, 0.2) is 23.1 Å². The van der Waals surface area contributed by atoms with E-state index in [0.29, 0.717) is 13.1 Å². The van der Waals surface area contributed by atoms with Gasteiger partial charge in [-0.05, 0) is 50.8 Å². The van der Waals surface area contributed by atoms with Crippen molar-refractivity contribution in [3.63, 3.8) is 0 Å². The SMILES string of the molecule is CC(C)NC(=O)COC(=O)c1ccc(Cl)c(S(=O)(=O)N2CCC[C@@H](C)C2)c1. The van der Waals surface area contributed by atoms with E-state index in [1.807, 2.05) is 6.92 Å². The third kappa shape index (κ3) is 5.67. The molecule has 0 radical (unpaired) electrons. The van der Waals surface area contributed by atoms with E-state index in [4.69, 9.17) is 16.3 Å². The van der Waals surface area contributed by atoms with Gasteiger partial charge in [-0.2, -0.15) is 4.31 Å². The second-order valence-corrected chi connectivity index (χ2v) is 9.37. The Bertz CT molecular complexity index is 810. The summed E-state index contributed by atoms with van der Waals surface area (Å²) in [4.78, 5) is 23.7. The topological polar surface area (TPSA) is 92.8 Å². The molecule has 1 atom stereocenters. The normalized spacial score (nSPS) is 18.3. The molecule has 0 aromatic heterocycles. The molecule has 1 saturated heterocycles. The van der Waals surface area contributed by atoms with Crippen LogP contribution < -0.4 is 5.32 Å². The summed E-state index contributed by atoms with van der Waals surface area (Å²) >= 11 is 6.10. The van der Waals surface area contributed by atoms with Gasteiger partial charge in [0.15, 0.2) is 6.61 Å². The van der Waals surface area contributed by atoms with Gasteiger partial charge in [-0.3, -0.25) is 4.79 Å². The summed E-state index contributed by atoms with van der Waals surface area (Å²) in [5, 5.41) is 2.65. The standard InChI is InChI=1S/C18H25ClN2O5S/c1-12(2)20-17(22)11-26-18(23)14-6-7-15(19)16(9-14)27(24,25)21-8-4-5-13(3)10-21/h6-7,9,12-13H,4-5,8,10-11H2,1-3H3,(H,20,22)/t13-/m1/s1. The van der Waals surface area contributed by atoms with Crippen LogP contribution >= 0.6 is 11.6 Å². The number of sulfonamides is 1. The summed E-state index contributed by atoms with van der Waals surface area (Å²) in [6, 6.07) is 3.87. The summed E-state index contributed by atoms with van der Waals surface area (Å²) in [7, 11) is -3.81. The average Bonchev–Trinajstić information content (AvgIpc) is 2.59. The molecule has 0 bridgehead atoms. The van der Waals surface area contributed by atoms with Gasteiger partial charge in [0.05, 0.1) is 10.6 Å². The molecule has 2 rings (SSSR count). The van der Waals surface area contributed by atoms with Crippen molar-refractivity contribution in [3.8, 4) is 0 Å². The minimum Gasteiger partial charge on any atom is -0.452 e. The summed E-state index contributed by atoms with van der Waals surface area (Å²) in [5.74, 6) is -0.948. The largest absolute Gasteiger partial charge is 0.452 e. The van der Waals surface area contributed by atoms with Crippen LogP contribution in [0.2, 0.25) is 5.02 Å². The smallest absolute Gasteiger partial charge is 0.338 e. The van der Waals surface area contributed by atoms with Gasteiger partial charge in [0.25, 0.3) is 5.91 Å². The number of ether oxygens (including phenoxy) is 1. The van der Waals surface area contributed by atoms with E-state index in [1.54, 1.807) is 13.8 Å². The fourth-order valence-electron chi connectivity index (χ4n) is 2.91. The number of nitrogens with one attached hydrogen (secondary N) is 1. The number of hydrogen-bond acceptors (Lipinski definition) is 5. The van der Waals surface area contributed by atoms with Crippen LogP contribution in [0.1, 0.15) is 44.0 Å². The first-order valence-corrected chi connectivity index (χ1v) is 10.7. The molecule has 1 amide bonds. The van der Waals surface area contributed by atoms with E-state index in [-0.39, 0.29) is 27.4 Å². The van der Waals surface area contributed by atoms with Crippen molar-refractivity contribution in [1.29, 1.82) is 0 Å². The number of carbonyl (C=O) groups is 2. The average molecular weight is 417 g/mol. The Morgan fingerprint density at radius 1 is 1.37 bits per heavy atom. The highest BCUT2D eigenvalue weighted by Gasteiger charge is 2.31. The molecule has 150 valence electrons. The summed E-state index contributed by atoms with van der Waals surface area (Å²) in [5.41, 5.74) is 0.0281. The molecule has 1 aliphatic rings. The van der Waals surface area contributed by atoms with Gasteiger partial charge in [-0.25, -0.2) is 13.2 Å². The number of esters is 1. The van der Waals surface area contributed by atoms with E-state index in [0.717, 1.165) is 12.8 Å². The molecule has 1 aromatic carbocycles. The number of piperidine rings is 1. The molecule has 7 nitrogen and oxygen atoms in total. The van der Waals surface area contributed by atoms with Gasteiger partial charge in [0, 0.05) is 19.1 Å². The fourth-order valence-corrected chi connectivity index (χ4v) is 5.01. The first-order chi connectivity index (χ1) is 12.6. The Hall–Kier alpha value is -1.64. The zero-order chi connectivity index (χ0) is 20.2. The van der Waals surface area contributed by atoms with Crippen LogP contribution in [0.5, 0.6) is 0 Å². The zero-order valence-electron chi connectivity index (χ0n) is 15.7. The van der Waals surface area contributed by atoms with Crippen molar-refractivity contribution in [2.24, 2.45) is 5.92 Å². The van der Waals surface area contributed by atoms with Crippen LogP contribution in [0.4, 0.5) is 0 Å². The number of halogens is 1. The first kappa shape index (κ1) is 21.7. The molecule has 0 aliphatic carbocycles. The molecular weight excluding hydrogens is 392 g/mol. The Morgan fingerprint density at radius 3 is 2.70 bits per heavy atom. The van der Waals surface area contributed by atoms with Crippen LogP contribution in [-0.4, -0.2) is 50.3 Å². The minimum atomic E-state index is -3.81. The fraction of sp³-hybridized carbons (Fsp3) is 0.556. The van der Waals surface area contributed by atoms with Gasteiger partial charge in [0.2, 0.25) is 10.0 Å². The minimum absolute atomic E-state index is 0.0281. The summed E-state index contributed by atoms with van der Waals surface area (Å²) < 4.78 is 32.2. The van der Waals surface area contributed by atoms with E-state index in [2.05, 4.69) is 5.32 Å². The maximum atomic E-state index is 12.9. The van der Waals surface area contributed by atoms with E-state index in [9.17, 15) is 18.0 Å². The molecule has 0 unspecified atom stereocenters. The molecular formula is C18H25ClN2O5S. The van der Waals surface area contributed by atoms with Crippen LogP contribution in [0, 0.1) is 5.92 Å². The van der Waals surface area contributed by atoms with E-state index < -0.39 is 28.5 Å². The van der Waals surface area contributed by atoms with Crippen LogP contribution in [0.3, 0.4) is 0 Å². The van der Waals surface area contributed by atoms with Gasteiger partial charge in [-0.15, -0.1) is 0 Å². The second kappa shape index (κ2) is 9.03. The lowest BCUT2D eigenvalue weighted by molar-refractivity contribution is -0.124. The molecule has 9 heteroatoms. The lowest BCUT2D eigenvalue weighted by atomic mass is 10.0. The molecule has 0 saturated carbocycles. The van der Waals surface area contributed by atoms with Crippen molar-refractivity contribution in [2.45, 2.75) is 44.6 Å². The van der Waals surface area contributed by atoms with E-state index in [1.165, 1.54) is 22.5 Å². The monoisotopic (exact) mass is 416 g/mol. The third-order valence-corrected chi connectivity index (χ3v) is 6.54. The zero-order valence-corrected chi connectivity index (χ0v) is 17.3. The van der Waals surface area contributed by atoms with Gasteiger partial charge < -0.3 is 10.1 Å². The van der Waals surface area contributed by atoms with Crippen molar-refractivity contribution >= 4 is 33.5 Å². The Balaban J connectivity index is 2.17. The number of nitrogens with zero attached hydrogens (tertiary/aromatic N) is 1. The maximum absolute atomic E-state index is 12.9. The Morgan fingerprint density at radius 2 is 2.07 bits per heavy atom. The molecule has 1 fully saturated rings. The van der Waals surface area contributed by atoms with Crippen molar-refractivity contribution < 1.29 is 22.7 Å². The Labute approximate surface area is 165 Å². The number of benzene rings is 1. The quantitative estimate of drug-likeness (QED) is 0.719. The third-order valence-electron chi connectivity index (χ3n) is 4.19. The predicted octanol–water partition coefficient (Wildman–Crippen LogP) is 2.44. The molecule has 1 N–H and O–H groups in total. The van der Waals surface area contributed by atoms with Crippen LogP contribution in [0.25, 0.3) is 0 Å². The van der Waals surface area contributed by atoms with Gasteiger partial charge in [0.1, 0.15) is 4.90 Å². The molecule has 1 aliphatic heterocycles. The lowest BCUT2D eigenvalue weighted by Crippen LogP contribution is -2.39. The molecule has 1 heterocycles. The van der Waals surface area contributed by atoms with Gasteiger partial charge in [-0.1, -0.05) is 18.5 Å². The van der Waals surface area contributed by atoms with E-state index >= 15 is 0 Å². The van der Waals surface area contributed by atoms with Crippen molar-refractivity contribution in [1.82, 2.24) is 9.62 Å². The Kier molecular flexibility index (Phi) is 7.25. The lowest BCUT2D eigenvalue weighted by Gasteiger charge is -2.30. The number of carbonyl (C=O) groups excluding carboxylic acids is 2. The highest BCUT2D eigenvalue weighted by Crippen LogP contribution is 2.29. The first-order valence-electron chi connectivity index (χ1n) is 8.87. The maximum Gasteiger partial charge on any atom is 0.338 e. The second-order valence-electron chi connectivity index (χ2n) is 7.05. The van der Waals surface area contributed by atoms with Crippen molar-refractivity contribution in [2.75, 3.05) is 19.7 Å². The summed E-state index contributed by atoms with van der Waals surface area (Å²) in [6.45, 7) is 5.98. The van der Waals surface area contributed by atoms with Gasteiger partial charge >= 0.3 is 5.97 Å². The predicted molar refractivity (Wildman–Crippen MR) is 102 cm³/mol. The number of amides is 1.